The molecule has 2 heteroatoms. The summed E-state index contributed by atoms with van der Waals surface area (Å²) < 4.78 is 0. The Balaban J connectivity index is 2.07. The molecule has 0 spiro atoms. The van der Waals surface area contributed by atoms with Gasteiger partial charge < -0.3 is 0 Å². The second-order valence-electron chi connectivity index (χ2n) is 4.37. The third-order valence-corrected chi connectivity index (χ3v) is 3.87. The van der Waals surface area contributed by atoms with Crippen LogP contribution in [0, 0.1) is 25.2 Å². The van der Waals surface area contributed by atoms with Crippen molar-refractivity contribution in [2.24, 2.45) is 0 Å². The highest BCUT2D eigenvalue weighted by Crippen LogP contribution is 2.25. The van der Waals surface area contributed by atoms with Crippen molar-refractivity contribution in [1.29, 1.82) is 5.26 Å². The molecule has 0 aliphatic heterocycles. The first-order valence-corrected chi connectivity index (χ1v) is 6.86. The van der Waals surface area contributed by atoms with Crippen LogP contribution in [0.25, 0.3) is 0 Å². The van der Waals surface area contributed by atoms with Crippen LogP contribution < -0.4 is 0 Å². The minimum atomic E-state index is 0.759. The Kier molecular flexibility index (Phi) is 4.07. The van der Waals surface area contributed by atoms with Gasteiger partial charge in [-0.15, -0.1) is 11.8 Å². The fourth-order valence-electron chi connectivity index (χ4n) is 1.82. The predicted octanol–water partition coefficient (Wildman–Crippen LogP) is 4.47. The molecule has 0 bridgehead atoms. The molecule has 0 aromatic heterocycles. The lowest BCUT2D eigenvalue weighted by atomic mass is 10.1. The standard InChI is InChI=1S/C16H15NS/c1-12-4-3-5-14(8-12)11-18-16-7-6-15(10-17)13(2)9-16/h3-9H,11H2,1-2H3. The van der Waals surface area contributed by atoms with Gasteiger partial charge in [0.25, 0.3) is 0 Å². The second-order valence-corrected chi connectivity index (χ2v) is 5.42. The van der Waals surface area contributed by atoms with Crippen LogP contribution in [0.1, 0.15) is 22.3 Å². The van der Waals surface area contributed by atoms with Crippen molar-refractivity contribution in [2.45, 2.75) is 24.5 Å². The minimum Gasteiger partial charge on any atom is -0.192 e. The van der Waals surface area contributed by atoms with Crippen molar-refractivity contribution in [3.63, 3.8) is 0 Å². The lowest BCUT2D eigenvalue weighted by Crippen LogP contribution is -1.85. The first-order valence-electron chi connectivity index (χ1n) is 5.88. The summed E-state index contributed by atoms with van der Waals surface area (Å²) in [6, 6.07) is 16.8. The molecule has 0 aliphatic carbocycles. The van der Waals surface area contributed by atoms with Gasteiger partial charge in [0.2, 0.25) is 0 Å². The van der Waals surface area contributed by atoms with Gasteiger partial charge >= 0.3 is 0 Å². The van der Waals surface area contributed by atoms with E-state index in [1.54, 1.807) is 11.8 Å². The summed E-state index contributed by atoms with van der Waals surface area (Å²) in [5.74, 6) is 0.965. The summed E-state index contributed by atoms with van der Waals surface area (Å²) in [6.45, 7) is 4.09. The number of hydrogen-bond donors (Lipinski definition) is 0. The average molecular weight is 253 g/mol. The normalized spacial score (nSPS) is 10.1. The van der Waals surface area contributed by atoms with Gasteiger partial charge in [-0.1, -0.05) is 29.8 Å². The maximum atomic E-state index is 8.89. The molecule has 0 N–H and O–H groups in total. The smallest absolute Gasteiger partial charge is 0.0994 e. The Labute approximate surface area is 112 Å². The molecule has 0 atom stereocenters. The number of nitrogens with zero attached hydrogens (tertiary/aromatic N) is 1. The zero-order valence-electron chi connectivity index (χ0n) is 10.6. The van der Waals surface area contributed by atoms with E-state index in [9.17, 15) is 0 Å². The third-order valence-electron chi connectivity index (χ3n) is 2.81. The summed E-state index contributed by atoms with van der Waals surface area (Å²) in [6.07, 6.45) is 0. The van der Waals surface area contributed by atoms with Crippen LogP contribution in [-0.2, 0) is 5.75 Å². The molecule has 18 heavy (non-hydrogen) atoms. The van der Waals surface area contributed by atoms with Crippen LogP contribution in [-0.4, -0.2) is 0 Å². The summed E-state index contributed by atoms with van der Waals surface area (Å²) >= 11 is 1.81. The minimum absolute atomic E-state index is 0.759. The van der Waals surface area contributed by atoms with Crippen LogP contribution in [0.2, 0.25) is 0 Å². The second kappa shape index (κ2) is 5.75. The van der Waals surface area contributed by atoms with Gasteiger partial charge in [-0.2, -0.15) is 5.26 Å². The van der Waals surface area contributed by atoms with Crippen molar-refractivity contribution in [2.75, 3.05) is 0 Å². The first kappa shape index (κ1) is 12.7. The quantitative estimate of drug-likeness (QED) is 0.754. The molecule has 0 saturated carbocycles. The summed E-state index contributed by atoms with van der Waals surface area (Å²) in [7, 11) is 0. The van der Waals surface area contributed by atoms with Crippen molar-refractivity contribution < 1.29 is 0 Å². The van der Waals surface area contributed by atoms with Gasteiger partial charge in [0.05, 0.1) is 11.6 Å². The zero-order chi connectivity index (χ0) is 13.0. The fourth-order valence-corrected chi connectivity index (χ4v) is 2.76. The third kappa shape index (κ3) is 3.15. The van der Waals surface area contributed by atoms with E-state index < -0.39 is 0 Å². The maximum Gasteiger partial charge on any atom is 0.0994 e. The van der Waals surface area contributed by atoms with Crippen molar-refractivity contribution in [3.8, 4) is 6.07 Å². The predicted molar refractivity (Wildman–Crippen MR) is 76.6 cm³/mol. The van der Waals surface area contributed by atoms with Gasteiger partial charge in [-0.3, -0.25) is 0 Å². The molecule has 0 radical (unpaired) electrons. The summed E-state index contributed by atoms with van der Waals surface area (Å²) in [5, 5.41) is 8.89. The first-order chi connectivity index (χ1) is 8.69. The SMILES string of the molecule is Cc1cccc(CSc2ccc(C#N)c(C)c2)c1. The number of nitriles is 1. The van der Waals surface area contributed by atoms with E-state index in [0.29, 0.717) is 0 Å². The van der Waals surface area contributed by atoms with Crippen LogP contribution in [0.4, 0.5) is 0 Å². The van der Waals surface area contributed by atoms with E-state index in [4.69, 9.17) is 5.26 Å². The highest BCUT2D eigenvalue weighted by Gasteiger charge is 2.01. The van der Waals surface area contributed by atoms with Gasteiger partial charge in [0, 0.05) is 10.6 Å². The Hall–Kier alpha value is -1.72. The average Bonchev–Trinajstić information content (AvgIpc) is 2.37. The molecule has 1 nitrogen and oxygen atoms in total. The van der Waals surface area contributed by atoms with Crippen molar-refractivity contribution in [1.82, 2.24) is 0 Å². The Morgan fingerprint density at radius 2 is 1.94 bits per heavy atom. The highest BCUT2D eigenvalue weighted by molar-refractivity contribution is 7.98. The van der Waals surface area contributed by atoms with Crippen LogP contribution >= 0.6 is 11.8 Å². The Bertz CT molecular complexity index is 596. The molecule has 2 aromatic carbocycles. The molecule has 0 amide bonds. The van der Waals surface area contributed by atoms with E-state index in [1.807, 2.05) is 19.1 Å². The van der Waals surface area contributed by atoms with Gasteiger partial charge in [-0.25, -0.2) is 0 Å². The Morgan fingerprint density at radius 3 is 2.61 bits per heavy atom. The van der Waals surface area contributed by atoms with Crippen LogP contribution in [0.3, 0.4) is 0 Å². The molecule has 2 aromatic rings. The van der Waals surface area contributed by atoms with Crippen LogP contribution in [0.5, 0.6) is 0 Å². The number of thioether (sulfide) groups is 1. The van der Waals surface area contributed by atoms with Gasteiger partial charge in [0.1, 0.15) is 0 Å². The molecular formula is C16H15NS. The maximum absolute atomic E-state index is 8.89. The molecule has 0 saturated heterocycles. The molecular weight excluding hydrogens is 238 g/mol. The number of benzene rings is 2. The van der Waals surface area contributed by atoms with E-state index in [2.05, 4.69) is 43.3 Å². The summed E-state index contributed by atoms with van der Waals surface area (Å²) in [4.78, 5) is 1.22. The van der Waals surface area contributed by atoms with E-state index in [0.717, 1.165) is 16.9 Å². The number of rotatable bonds is 3. The summed E-state index contributed by atoms with van der Waals surface area (Å²) in [5.41, 5.74) is 4.44. The lowest BCUT2D eigenvalue weighted by Gasteiger charge is -2.05. The van der Waals surface area contributed by atoms with E-state index in [-0.39, 0.29) is 0 Å². The highest BCUT2D eigenvalue weighted by atomic mass is 32.2. The fraction of sp³-hybridized carbons (Fsp3) is 0.188. The molecule has 0 aliphatic rings. The lowest BCUT2D eigenvalue weighted by molar-refractivity contribution is 1.30. The molecule has 0 heterocycles. The number of aryl methyl sites for hydroxylation is 2. The Morgan fingerprint density at radius 1 is 1.11 bits per heavy atom. The van der Waals surface area contributed by atoms with E-state index in [1.165, 1.54) is 16.0 Å². The van der Waals surface area contributed by atoms with Gasteiger partial charge in [-0.05, 0) is 43.2 Å². The topological polar surface area (TPSA) is 23.8 Å². The van der Waals surface area contributed by atoms with Gasteiger partial charge in [0.15, 0.2) is 0 Å². The molecule has 90 valence electrons. The van der Waals surface area contributed by atoms with Crippen molar-refractivity contribution in [3.05, 3.63) is 64.7 Å². The molecule has 2 rings (SSSR count). The largest absolute Gasteiger partial charge is 0.192 e. The monoisotopic (exact) mass is 253 g/mol. The van der Waals surface area contributed by atoms with Crippen LogP contribution in [0.15, 0.2) is 47.4 Å². The number of hydrogen-bond acceptors (Lipinski definition) is 2. The van der Waals surface area contributed by atoms with E-state index >= 15 is 0 Å². The molecule has 0 fully saturated rings. The van der Waals surface area contributed by atoms with Crippen molar-refractivity contribution >= 4 is 11.8 Å². The zero-order valence-corrected chi connectivity index (χ0v) is 11.4. The molecule has 0 unspecified atom stereocenters.